The molecule has 4 aliphatic heterocycles. The standard InChI is InChI=1S/C35H48N4O8/c1-3-5-12-28(41)46-24-26(25-10-7-6-8-11-25)36-32(42)29-27-13-14-35(47-27)30(29)33(43)39(16-9-21-40)31(35)34(44)38(15-4-2)18-17-37-19-22-45-23-20-37/h3-4,6-8,10-11,26-27,29-31,40H,1-2,5,9,12-24H2,(H,36,42)/t26-,27+,29-,30-,31+,35-/m0/s1. The molecule has 12 nitrogen and oxygen atoms in total. The van der Waals surface area contributed by atoms with E-state index in [0.717, 1.165) is 18.7 Å². The molecule has 47 heavy (non-hydrogen) atoms. The molecule has 4 fully saturated rings. The van der Waals surface area contributed by atoms with Gasteiger partial charge in [-0.2, -0.15) is 0 Å². The Labute approximate surface area is 276 Å². The molecule has 0 unspecified atom stereocenters. The van der Waals surface area contributed by atoms with Gasteiger partial charge in [-0.15, -0.1) is 13.2 Å². The Morgan fingerprint density at radius 1 is 1.15 bits per heavy atom. The van der Waals surface area contributed by atoms with Crippen molar-refractivity contribution >= 4 is 23.7 Å². The molecule has 4 aliphatic rings. The zero-order valence-electron chi connectivity index (χ0n) is 27.1. The van der Waals surface area contributed by atoms with E-state index in [-0.39, 0.29) is 43.9 Å². The first kappa shape index (κ1) is 34.7. The highest BCUT2D eigenvalue weighted by Gasteiger charge is 2.74. The average molecular weight is 653 g/mol. The summed E-state index contributed by atoms with van der Waals surface area (Å²) in [7, 11) is 0. The fourth-order valence-electron chi connectivity index (χ4n) is 7.56. The van der Waals surface area contributed by atoms with E-state index in [1.54, 1.807) is 17.1 Å². The van der Waals surface area contributed by atoms with Crippen LogP contribution in [0.5, 0.6) is 0 Å². The van der Waals surface area contributed by atoms with Crippen LogP contribution in [0.2, 0.25) is 0 Å². The Hall–Kier alpha value is -3.58. The maximum atomic E-state index is 14.5. The number of ether oxygens (including phenoxy) is 3. The normalized spacial score (nSPS) is 27.3. The van der Waals surface area contributed by atoms with Gasteiger partial charge in [-0.3, -0.25) is 24.1 Å². The van der Waals surface area contributed by atoms with Gasteiger partial charge in [0.1, 0.15) is 18.2 Å². The van der Waals surface area contributed by atoms with Gasteiger partial charge in [0.2, 0.25) is 17.7 Å². The maximum absolute atomic E-state index is 14.5. The molecule has 4 heterocycles. The van der Waals surface area contributed by atoms with Crippen LogP contribution in [-0.4, -0.2) is 127 Å². The zero-order valence-corrected chi connectivity index (χ0v) is 27.1. The van der Waals surface area contributed by atoms with E-state index in [1.807, 2.05) is 30.3 Å². The number of allylic oxidation sites excluding steroid dienone is 1. The van der Waals surface area contributed by atoms with Crippen LogP contribution in [-0.2, 0) is 33.4 Å². The highest BCUT2D eigenvalue weighted by atomic mass is 16.5. The van der Waals surface area contributed by atoms with Crippen molar-refractivity contribution in [2.45, 2.75) is 55.9 Å². The lowest BCUT2D eigenvalue weighted by molar-refractivity contribution is -0.148. The number of hydrogen-bond acceptors (Lipinski definition) is 9. The molecule has 6 atom stereocenters. The van der Waals surface area contributed by atoms with Crippen LogP contribution in [0.4, 0.5) is 0 Å². The molecule has 0 aromatic heterocycles. The van der Waals surface area contributed by atoms with Crippen LogP contribution in [0.1, 0.15) is 43.7 Å². The Bertz CT molecular complexity index is 1290. The Morgan fingerprint density at radius 3 is 2.62 bits per heavy atom. The second kappa shape index (κ2) is 16.0. The third-order valence-corrected chi connectivity index (χ3v) is 9.83. The molecular formula is C35H48N4O8. The number of carbonyl (C=O) groups is 4. The van der Waals surface area contributed by atoms with Crippen molar-refractivity contribution < 1.29 is 38.5 Å². The summed E-state index contributed by atoms with van der Waals surface area (Å²) in [6, 6.07) is 7.67. The lowest BCUT2D eigenvalue weighted by atomic mass is 9.70. The van der Waals surface area contributed by atoms with Crippen molar-refractivity contribution in [1.82, 2.24) is 20.0 Å². The number of aliphatic hydroxyl groups excluding tert-OH is 1. The first-order valence-electron chi connectivity index (χ1n) is 16.8. The molecular weight excluding hydrogens is 604 g/mol. The Balaban J connectivity index is 1.38. The molecule has 0 radical (unpaired) electrons. The molecule has 1 aromatic rings. The fourth-order valence-corrected chi connectivity index (χ4v) is 7.56. The molecule has 2 N–H and O–H groups in total. The summed E-state index contributed by atoms with van der Waals surface area (Å²) >= 11 is 0. The van der Waals surface area contributed by atoms with Gasteiger partial charge in [-0.05, 0) is 31.2 Å². The van der Waals surface area contributed by atoms with E-state index in [9.17, 15) is 24.3 Å². The molecule has 5 rings (SSSR count). The van der Waals surface area contributed by atoms with Gasteiger partial charge < -0.3 is 34.4 Å². The predicted octanol–water partition coefficient (Wildman–Crippen LogP) is 1.46. The molecule has 1 aromatic carbocycles. The summed E-state index contributed by atoms with van der Waals surface area (Å²) in [4.78, 5) is 60.7. The van der Waals surface area contributed by atoms with Gasteiger partial charge in [0, 0.05) is 52.3 Å². The third-order valence-electron chi connectivity index (χ3n) is 9.83. The molecule has 12 heteroatoms. The second-order valence-corrected chi connectivity index (χ2v) is 12.7. The number of aliphatic hydroxyl groups is 1. The van der Waals surface area contributed by atoms with Crippen LogP contribution in [0.15, 0.2) is 55.6 Å². The van der Waals surface area contributed by atoms with Crippen molar-refractivity contribution in [3.05, 3.63) is 61.2 Å². The van der Waals surface area contributed by atoms with Gasteiger partial charge in [0.15, 0.2) is 0 Å². The fraction of sp³-hybridized carbons (Fsp3) is 0.600. The van der Waals surface area contributed by atoms with Crippen LogP contribution in [0.25, 0.3) is 0 Å². The van der Waals surface area contributed by atoms with Crippen LogP contribution in [0.3, 0.4) is 0 Å². The van der Waals surface area contributed by atoms with E-state index in [0.29, 0.717) is 58.5 Å². The summed E-state index contributed by atoms with van der Waals surface area (Å²) < 4.78 is 17.6. The van der Waals surface area contributed by atoms with Crippen molar-refractivity contribution in [3.63, 3.8) is 0 Å². The third kappa shape index (κ3) is 7.45. The summed E-state index contributed by atoms with van der Waals surface area (Å²) in [5, 5.41) is 12.7. The lowest BCUT2D eigenvalue weighted by Crippen LogP contribution is -2.57. The number of hydrogen-bond donors (Lipinski definition) is 2. The van der Waals surface area contributed by atoms with E-state index in [2.05, 4.69) is 23.4 Å². The van der Waals surface area contributed by atoms with E-state index < -0.39 is 41.6 Å². The van der Waals surface area contributed by atoms with Crippen molar-refractivity contribution in [1.29, 1.82) is 0 Å². The molecule has 4 saturated heterocycles. The van der Waals surface area contributed by atoms with Gasteiger partial charge in [-0.25, -0.2) is 0 Å². The summed E-state index contributed by atoms with van der Waals surface area (Å²) in [5.41, 5.74) is -0.402. The van der Waals surface area contributed by atoms with E-state index in [4.69, 9.17) is 14.2 Å². The SMILES string of the molecule is C=CCCC(=O)OC[C@H](NC(=O)[C@@H]1[C@H]2C(=O)N(CCCO)[C@H](C(=O)N(CC=C)CCN3CCOCC3)[C@]23CC[C@H]1O3)c1ccccc1. The Morgan fingerprint density at radius 2 is 1.91 bits per heavy atom. The summed E-state index contributed by atoms with van der Waals surface area (Å²) in [6.07, 6.45) is 4.75. The molecule has 3 amide bonds. The first-order valence-corrected chi connectivity index (χ1v) is 16.8. The number of rotatable bonds is 17. The van der Waals surface area contributed by atoms with E-state index >= 15 is 0 Å². The highest BCUT2D eigenvalue weighted by molar-refractivity contribution is 5.99. The largest absolute Gasteiger partial charge is 0.463 e. The molecule has 1 spiro atoms. The molecule has 256 valence electrons. The highest BCUT2D eigenvalue weighted by Crippen LogP contribution is 2.58. The van der Waals surface area contributed by atoms with E-state index in [1.165, 1.54) is 4.90 Å². The van der Waals surface area contributed by atoms with Crippen molar-refractivity contribution in [2.24, 2.45) is 11.8 Å². The zero-order chi connectivity index (χ0) is 33.4. The topological polar surface area (TPSA) is 138 Å². The minimum absolute atomic E-state index is 0.0723. The quantitative estimate of drug-likeness (QED) is 0.189. The smallest absolute Gasteiger partial charge is 0.306 e. The first-order chi connectivity index (χ1) is 22.8. The van der Waals surface area contributed by atoms with Gasteiger partial charge in [0.05, 0.1) is 37.2 Å². The number of nitrogens with zero attached hydrogens (tertiary/aromatic N) is 3. The number of esters is 1. The minimum atomic E-state index is -1.16. The van der Waals surface area contributed by atoms with Gasteiger partial charge in [-0.1, -0.05) is 42.5 Å². The minimum Gasteiger partial charge on any atom is -0.463 e. The Kier molecular flexibility index (Phi) is 11.8. The van der Waals surface area contributed by atoms with Crippen molar-refractivity contribution in [3.8, 4) is 0 Å². The van der Waals surface area contributed by atoms with Crippen LogP contribution < -0.4 is 5.32 Å². The van der Waals surface area contributed by atoms with Crippen LogP contribution >= 0.6 is 0 Å². The second-order valence-electron chi connectivity index (χ2n) is 12.7. The summed E-state index contributed by atoms with van der Waals surface area (Å²) in [5.74, 6) is -3.00. The average Bonchev–Trinajstić information content (AvgIpc) is 3.74. The predicted molar refractivity (Wildman–Crippen MR) is 173 cm³/mol. The van der Waals surface area contributed by atoms with Gasteiger partial charge >= 0.3 is 5.97 Å². The monoisotopic (exact) mass is 652 g/mol. The number of amides is 3. The van der Waals surface area contributed by atoms with Gasteiger partial charge in [0.25, 0.3) is 0 Å². The summed E-state index contributed by atoms with van der Waals surface area (Å²) in [6.45, 7) is 11.7. The molecule has 0 aliphatic carbocycles. The lowest BCUT2D eigenvalue weighted by Gasteiger charge is -2.37. The number of nitrogens with one attached hydrogen (secondary N) is 1. The molecule has 2 bridgehead atoms. The number of morpholine rings is 1. The number of fused-ring (bicyclic) bond motifs is 1. The maximum Gasteiger partial charge on any atom is 0.306 e. The molecule has 0 saturated carbocycles. The number of carbonyl (C=O) groups excluding carboxylic acids is 4. The van der Waals surface area contributed by atoms with Crippen molar-refractivity contribution in [2.75, 3.05) is 65.7 Å². The number of likely N-dealkylation sites (tertiary alicyclic amines) is 1. The van der Waals surface area contributed by atoms with Crippen LogP contribution in [0, 0.1) is 11.8 Å². The number of benzene rings is 1.